The van der Waals surface area contributed by atoms with Crippen molar-refractivity contribution in [1.29, 1.82) is 0 Å². The molecule has 0 aliphatic heterocycles. The van der Waals surface area contributed by atoms with Crippen LogP contribution in [0.15, 0.2) is 36.9 Å². The largest absolute Gasteiger partial charge is 0.354 e. The Labute approximate surface area is 150 Å². The summed E-state index contributed by atoms with van der Waals surface area (Å²) in [6, 6.07) is 4.76. The zero-order valence-electron chi connectivity index (χ0n) is 14.8. The highest BCUT2D eigenvalue weighted by atomic mass is 19.1. The Morgan fingerprint density at radius 3 is 2.65 bits per heavy atom. The number of aromatic nitrogens is 3. The van der Waals surface area contributed by atoms with Gasteiger partial charge in [-0.15, -0.1) is 0 Å². The Morgan fingerprint density at radius 1 is 1.31 bits per heavy atom. The lowest BCUT2D eigenvalue weighted by Gasteiger charge is -2.08. The van der Waals surface area contributed by atoms with Gasteiger partial charge in [0.15, 0.2) is 5.78 Å². The summed E-state index contributed by atoms with van der Waals surface area (Å²) in [5.41, 5.74) is 3.19. The lowest BCUT2D eigenvalue weighted by molar-refractivity contribution is 0.0945. The van der Waals surface area contributed by atoms with Crippen LogP contribution in [0.5, 0.6) is 0 Å². The number of H-pyrrole nitrogens is 1. The second-order valence-corrected chi connectivity index (χ2v) is 6.12. The molecule has 0 aliphatic rings. The zero-order chi connectivity index (χ0) is 18.8. The summed E-state index contributed by atoms with van der Waals surface area (Å²) in [5, 5.41) is 2.75. The molecule has 7 heteroatoms. The van der Waals surface area contributed by atoms with Gasteiger partial charge in [0.1, 0.15) is 11.5 Å². The van der Waals surface area contributed by atoms with E-state index in [1.54, 1.807) is 42.9 Å². The first-order valence-corrected chi connectivity index (χ1v) is 8.13. The Balaban J connectivity index is 1.73. The molecule has 1 aromatic carbocycles. The van der Waals surface area contributed by atoms with Crippen LogP contribution in [0.4, 0.5) is 4.39 Å². The number of rotatable bonds is 5. The Morgan fingerprint density at radius 2 is 2.08 bits per heavy atom. The summed E-state index contributed by atoms with van der Waals surface area (Å²) in [6.45, 7) is 5.13. The van der Waals surface area contributed by atoms with E-state index in [0.717, 1.165) is 0 Å². The number of amides is 1. The van der Waals surface area contributed by atoms with Crippen molar-refractivity contribution in [3.8, 4) is 5.69 Å². The second-order valence-electron chi connectivity index (χ2n) is 6.12. The Kier molecular flexibility index (Phi) is 4.71. The molecular formula is C19H19FN4O2. The van der Waals surface area contributed by atoms with Crippen molar-refractivity contribution >= 4 is 11.7 Å². The first-order valence-electron chi connectivity index (χ1n) is 8.13. The molecular weight excluding hydrogens is 335 g/mol. The number of imidazole rings is 1. The van der Waals surface area contributed by atoms with Crippen LogP contribution in [0.3, 0.4) is 0 Å². The third-order valence-corrected chi connectivity index (χ3v) is 4.26. The van der Waals surface area contributed by atoms with Crippen molar-refractivity contribution in [2.24, 2.45) is 0 Å². The fraction of sp³-hybridized carbons (Fsp3) is 0.211. The van der Waals surface area contributed by atoms with Crippen LogP contribution < -0.4 is 5.32 Å². The van der Waals surface area contributed by atoms with Crippen LogP contribution >= 0.6 is 0 Å². The number of aromatic amines is 1. The first kappa shape index (κ1) is 17.6. The maximum atomic E-state index is 14.3. The van der Waals surface area contributed by atoms with Crippen LogP contribution in [-0.2, 0) is 6.54 Å². The number of carbonyl (C=O) groups is 2. The van der Waals surface area contributed by atoms with E-state index in [-0.39, 0.29) is 18.2 Å². The van der Waals surface area contributed by atoms with Crippen molar-refractivity contribution in [1.82, 2.24) is 19.9 Å². The lowest BCUT2D eigenvalue weighted by atomic mass is 10.1. The molecule has 2 heterocycles. The van der Waals surface area contributed by atoms with Gasteiger partial charge in [-0.25, -0.2) is 9.37 Å². The molecule has 0 saturated carbocycles. The third-order valence-electron chi connectivity index (χ3n) is 4.26. The van der Waals surface area contributed by atoms with Gasteiger partial charge < -0.3 is 14.9 Å². The average molecular weight is 354 g/mol. The normalized spacial score (nSPS) is 10.8. The molecule has 0 saturated heterocycles. The van der Waals surface area contributed by atoms with E-state index in [1.807, 2.05) is 0 Å². The summed E-state index contributed by atoms with van der Waals surface area (Å²) < 4.78 is 15.8. The molecule has 134 valence electrons. The summed E-state index contributed by atoms with van der Waals surface area (Å²) in [5.74, 6) is -0.829. The van der Waals surface area contributed by atoms with E-state index in [4.69, 9.17) is 0 Å². The highest BCUT2D eigenvalue weighted by Gasteiger charge is 2.19. The predicted molar refractivity (Wildman–Crippen MR) is 95.0 cm³/mol. The van der Waals surface area contributed by atoms with Crippen molar-refractivity contribution in [2.75, 3.05) is 0 Å². The number of halogens is 1. The number of Topliss-reactive ketones (excluding diaryl/α,β-unsaturated/α-hetero) is 1. The van der Waals surface area contributed by atoms with Gasteiger partial charge in [-0.3, -0.25) is 9.59 Å². The minimum Gasteiger partial charge on any atom is -0.354 e. The monoisotopic (exact) mass is 354 g/mol. The van der Waals surface area contributed by atoms with E-state index in [2.05, 4.69) is 15.3 Å². The topological polar surface area (TPSA) is 79.8 Å². The molecule has 0 spiro atoms. The van der Waals surface area contributed by atoms with Crippen molar-refractivity contribution < 1.29 is 14.0 Å². The number of benzene rings is 1. The summed E-state index contributed by atoms with van der Waals surface area (Å²) in [7, 11) is 0. The second kappa shape index (κ2) is 6.95. The third kappa shape index (κ3) is 3.28. The maximum absolute atomic E-state index is 14.3. The van der Waals surface area contributed by atoms with Gasteiger partial charge in [-0.1, -0.05) is 6.07 Å². The smallest absolute Gasteiger partial charge is 0.268 e. The van der Waals surface area contributed by atoms with Crippen LogP contribution in [-0.4, -0.2) is 26.2 Å². The highest BCUT2D eigenvalue weighted by molar-refractivity contribution is 6.02. The number of ketones is 1. The summed E-state index contributed by atoms with van der Waals surface area (Å²) >= 11 is 0. The number of hydrogen-bond acceptors (Lipinski definition) is 3. The number of hydrogen-bond donors (Lipinski definition) is 2. The molecule has 0 bridgehead atoms. The molecule has 2 N–H and O–H groups in total. The fourth-order valence-corrected chi connectivity index (χ4v) is 3.05. The minimum atomic E-state index is -0.402. The Hall–Kier alpha value is -3.22. The molecule has 0 aliphatic carbocycles. The zero-order valence-corrected chi connectivity index (χ0v) is 14.8. The molecule has 0 radical (unpaired) electrons. The molecule has 6 nitrogen and oxygen atoms in total. The van der Waals surface area contributed by atoms with Gasteiger partial charge in [0.2, 0.25) is 0 Å². The van der Waals surface area contributed by atoms with E-state index < -0.39 is 5.82 Å². The van der Waals surface area contributed by atoms with Crippen molar-refractivity contribution in [3.63, 3.8) is 0 Å². The van der Waals surface area contributed by atoms with E-state index in [9.17, 15) is 14.0 Å². The average Bonchev–Trinajstić information content (AvgIpc) is 3.20. The minimum absolute atomic E-state index is 0.0903. The SMILES string of the molecule is CC(=O)c1c(C)[nH]c(C(=O)NCc2ccc(-n3ccnc3)c(F)c2)c1C. The summed E-state index contributed by atoms with van der Waals surface area (Å²) in [4.78, 5) is 30.9. The predicted octanol–water partition coefficient (Wildman–Crippen LogP) is 3.09. The number of carbonyl (C=O) groups excluding carboxylic acids is 2. The number of aryl methyl sites for hydroxylation is 1. The van der Waals surface area contributed by atoms with Crippen molar-refractivity contribution in [2.45, 2.75) is 27.3 Å². The van der Waals surface area contributed by atoms with Gasteiger partial charge in [0.05, 0.1) is 12.0 Å². The van der Waals surface area contributed by atoms with E-state index in [1.165, 1.54) is 19.3 Å². The first-order chi connectivity index (χ1) is 12.4. The molecule has 3 aromatic rings. The quantitative estimate of drug-likeness (QED) is 0.691. The fourth-order valence-electron chi connectivity index (χ4n) is 3.05. The van der Waals surface area contributed by atoms with Gasteiger partial charge in [0.25, 0.3) is 5.91 Å². The highest BCUT2D eigenvalue weighted by Crippen LogP contribution is 2.19. The van der Waals surface area contributed by atoms with Crippen LogP contribution in [0, 0.1) is 19.7 Å². The molecule has 0 unspecified atom stereocenters. The van der Waals surface area contributed by atoms with Crippen LogP contribution in [0.1, 0.15) is 44.6 Å². The van der Waals surface area contributed by atoms with Gasteiger partial charge in [-0.05, 0) is 44.0 Å². The molecule has 26 heavy (non-hydrogen) atoms. The lowest BCUT2D eigenvalue weighted by Crippen LogP contribution is -2.24. The maximum Gasteiger partial charge on any atom is 0.268 e. The van der Waals surface area contributed by atoms with Crippen LogP contribution in [0.25, 0.3) is 5.69 Å². The van der Waals surface area contributed by atoms with Gasteiger partial charge >= 0.3 is 0 Å². The van der Waals surface area contributed by atoms with Gasteiger partial charge in [0, 0.05) is 30.2 Å². The number of nitrogens with one attached hydrogen (secondary N) is 2. The summed E-state index contributed by atoms with van der Waals surface area (Å²) in [6.07, 6.45) is 4.75. The van der Waals surface area contributed by atoms with Crippen LogP contribution in [0.2, 0.25) is 0 Å². The van der Waals surface area contributed by atoms with Gasteiger partial charge in [-0.2, -0.15) is 0 Å². The standard InChI is InChI=1S/C19H19FN4O2/c1-11-17(13(3)25)12(2)23-18(11)19(26)22-9-14-4-5-16(15(20)8-14)24-7-6-21-10-24/h4-8,10,23H,9H2,1-3H3,(H,22,26). The molecule has 3 rings (SSSR count). The Bertz CT molecular complexity index is 974. The van der Waals surface area contributed by atoms with Crippen molar-refractivity contribution in [3.05, 3.63) is 70.8 Å². The van der Waals surface area contributed by atoms with E-state index in [0.29, 0.717) is 33.8 Å². The molecule has 1 amide bonds. The molecule has 0 fully saturated rings. The molecule has 2 aromatic heterocycles. The number of nitrogens with zero attached hydrogens (tertiary/aromatic N) is 2. The molecule has 0 atom stereocenters. The van der Waals surface area contributed by atoms with E-state index >= 15 is 0 Å².